The van der Waals surface area contributed by atoms with Crippen LogP contribution in [-0.2, 0) is 38.9 Å². The number of aromatic nitrogens is 1. The number of hydrogen-bond acceptors (Lipinski definition) is 8. The van der Waals surface area contributed by atoms with Crippen molar-refractivity contribution in [3.05, 3.63) is 110 Å². The minimum absolute atomic E-state index is 0.00335. The van der Waals surface area contributed by atoms with E-state index in [1.807, 2.05) is 23.1 Å². The fourth-order valence-corrected chi connectivity index (χ4v) is 11.4. The molecule has 3 saturated heterocycles. The number of nitrogens with one attached hydrogen (secondary N) is 2. The van der Waals surface area contributed by atoms with Crippen LogP contribution in [0.2, 0.25) is 18.1 Å². The number of H-pyrrole nitrogens is 1. The zero-order chi connectivity index (χ0) is 42.9. The van der Waals surface area contributed by atoms with Gasteiger partial charge in [-0.1, -0.05) is 82.5 Å². The second-order valence-corrected chi connectivity index (χ2v) is 24.6. The number of benzene rings is 3. The maximum Gasteiger partial charge on any atom is 0.316 e. The van der Waals surface area contributed by atoms with E-state index in [1.54, 1.807) is 12.1 Å². The van der Waals surface area contributed by atoms with Gasteiger partial charge in [-0.25, -0.2) is 0 Å². The van der Waals surface area contributed by atoms with Crippen LogP contribution >= 0.6 is 0 Å². The summed E-state index contributed by atoms with van der Waals surface area (Å²) in [6, 6.07) is 21.7. The lowest BCUT2D eigenvalue weighted by Gasteiger charge is -2.45. The van der Waals surface area contributed by atoms with Gasteiger partial charge in [0.1, 0.15) is 11.9 Å². The van der Waals surface area contributed by atoms with Crippen LogP contribution in [0.15, 0.2) is 71.5 Å². The SMILES string of the molecule is CC(C)(C)[Si](C)(C)O[C@H](CNCc1ccc2c(c1)CN(CCCCc1cccc(C3(C(=O)O[C@H]4CN5CCC4CC5)CCCCC3)c1)C2=O)c1ccc(O)c2[nH]c(=O)ccc12. The summed E-state index contributed by atoms with van der Waals surface area (Å²) in [4.78, 5) is 47.0. The summed E-state index contributed by atoms with van der Waals surface area (Å²) in [7, 11) is -2.22. The lowest BCUT2D eigenvalue weighted by Crippen LogP contribution is -2.53. The molecule has 2 atom stereocenters. The molecule has 5 aliphatic rings. The summed E-state index contributed by atoms with van der Waals surface area (Å²) < 4.78 is 13.4. The molecule has 61 heavy (non-hydrogen) atoms. The summed E-state index contributed by atoms with van der Waals surface area (Å²) in [5.41, 5.74) is 5.82. The molecule has 5 heterocycles. The maximum atomic E-state index is 14.1. The zero-order valence-electron chi connectivity index (χ0n) is 37.0. The van der Waals surface area contributed by atoms with Crippen LogP contribution in [0.1, 0.15) is 123 Å². The molecule has 4 fully saturated rings. The molecule has 1 saturated carbocycles. The Bertz CT molecular complexity index is 2290. The Morgan fingerprint density at radius 2 is 1.75 bits per heavy atom. The van der Waals surface area contributed by atoms with Gasteiger partial charge in [0.05, 0.1) is 17.0 Å². The number of carbonyl (C=O) groups excluding carboxylic acids is 2. The summed E-state index contributed by atoms with van der Waals surface area (Å²) in [5.74, 6) is 0.626. The Balaban J connectivity index is 0.864. The fourth-order valence-electron chi connectivity index (χ4n) is 10.1. The number of aryl methyl sites for hydroxylation is 1. The molecule has 0 unspecified atom stereocenters. The number of nitrogens with zero attached hydrogens (tertiary/aromatic N) is 2. The van der Waals surface area contributed by atoms with E-state index in [1.165, 1.54) is 18.1 Å². The summed E-state index contributed by atoms with van der Waals surface area (Å²) in [6.07, 6.45) is 9.76. The van der Waals surface area contributed by atoms with Gasteiger partial charge in [0.2, 0.25) is 5.56 Å². The number of rotatable bonds is 15. The Labute approximate surface area is 362 Å². The van der Waals surface area contributed by atoms with Crippen molar-refractivity contribution in [3.63, 3.8) is 0 Å². The quantitative estimate of drug-likeness (QED) is 0.0616. The molecule has 3 N–H and O–H groups in total. The van der Waals surface area contributed by atoms with E-state index in [-0.39, 0.29) is 40.4 Å². The highest BCUT2D eigenvalue weighted by atomic mass is 28.4. The van der Waals surface area contributed by atoms with E-state index in [4.69, 9.17) is 9.16 Å². The van der Waals surface area contributed by atoms with Gasteiger partial charge in [-0.05, 0) is 128 Å². The monoisotopic (exact) mass is 846 g/mol. The Morgan fingerprint density at radius 1 is 0.967 bits per heavy atom. The Kier molecular flexibility index (Phi) is 12.7. The van der Waals surface area contributed by atoms with Crippen molar-refractivity contribution in [2.45, 2.75) is 134 Å². The van der Waals surface area contributed by atoms with Crippen LogP contribution in [0.4, 0.5) is 0 Å². The minimum Gasteiger partial charge on any atom is -0.506 e. The standard InChI is InChI=1S/C50H66N4O6Si/c1-49(2,3)61(4,5)60-43(40-17-19-42(55)46-41(40)18-20-45(56)52-46)31-51-30-35-15-16-39-37(28-35)32-54(47(39)57)25-10-7-12-34-13-11-14-38(29-34)50(23-8-6-9-24-50)48(58)59-44-33-53-26-21-36(44)22-27-53/h11,13-20,28-29,36,43-44,51,55H,6-10,12,21-27,30-33H2,1-5H3,(H,52,56)/t43-,44+/m1/s1. The largest absolute Gasteiger partial charge is 0.506 e. The number of esters is 1. The van der Waals surface area contributed by atoms with E-state index < -0.39 is 13.7 Å². The minimum atomic E-state index is -2.22. The van der Waals surface area contributed by atoms with Crippen molar-refractivity contribution in [2.24, 2.45) is 5.92 Å². The molecule has 1 aliphatic carbocycles. The first kappa shape index (κ1) is 43.4. The van der Waals surface area contributed by atoms with Crippen molar-refractivity contribution in [1.29, 1.82) is 0 Å². The van der Waals surface area contributed by atoms with Crippen molar-refractivity contribution in [2.75, 3.05) is 32.7 Å². The molecule has 3 aromatic carbocycles. The van der Waals surface area contributed by atoms with Crippen molar-refractivity contribution in [3.8, 4) is 5.75 Å². The number of unbranched alkanes of at least 4 members (excludes halogenated alkanes) is 1. The van der Waals surface area contributed by atoms with Crippen LogP contribution in [0.5, 0.6) is 5.75 Å². The van der Waals surface area contributed by atoms with Gasteiger partial charge >= 0.3 is 5.97 Å². The topological polar surface area (TPSA) is 124 Å². The van der Waals surface area contributed by atoms with Gasteiger partial charge < -0.3 is 29.5 Å². The van der Waals surface area contributed by atoms with Gasteiger partial charge in [-0.3, -0.25) is 19.3 Å². The molecule has 0 spiro atoms. The first-order valence-electron chi connectivity index (χ1n) is 22.9. The highest BCUT2D eigenvalue weighted by Gasteiger charge is 2.46. The summed E-state index contributed by atoms with van der Waals surface area (Å²) in [6.45, 7) is 16.7. The van der Waals surface area contributed by atoms with Crippen LogP contribution in [0, 0.1) is 5.92 Å². The molecule has 4 aliphatic heterocycles. The average molecular weight is 847 g/mol. The van der Waals surface area contributed by atoms with Crippen molar-refractivity contribution in [1.82, 2.24) is 20.1 Å². The van der Waals surface area contributed by atoms with Crippen molar-refractivity contribution < 1.29 is 23.9 Å². The molecule has 2 bridgehead atoms. The lowest BCUT2D eigenvalue weighted by atomic mass is 9.69. The number of pyridine rings is 1. The van der Waals surface area contributed by atoms with Gasteiger partial charge in [0.15, 0.2) is 8.32 Å². The third kappa shape index (κ3) is 9.26. The first-order chi connectivity index (χ1) is 29.2. The number of carbonyl (C=O) groups is 2. The van der Waals surface area contributed by atoms with E-state index >= 15 is 0 Å². The van der Waals surface area contributed by atoms with Gasteiger partial charge in [0.25, 0.3) is 5.91 Å². The molecular weight excluding hydrogens is 781 g/mol. The normalized spacial score (nSPS) is 21.8. The van der Waals surface area contributed by atoms with Crippen LogP contribution < -0.4 is 10.9 Å². The number of hydrogen-bond donors (Lipinski definition) is 3. The maximum absolute atomic E-state index is 14.1. The number of aromatic hydroxyl groups is 1. The molecule has 1 amide bonds. The molecular formula is C50H66N4O6Si. The second kappa shape index (κ2) is 17.8. The molecule has 10 nitrogen and oxygen atoms in total. The first-order valence-corrected chi connectivity index (χ1v) is 25.8. The van der Waals surface area contributed by atoms with Crippen LogP contribution in [-0.4, -0.2) is 78.9 Å². The average Bonchev–Trinajstić information content (AvgIpc) is 3.56. The number of phenolic OH excluding ortho intramolecular Hbond substituents is 1. The van der Waals surface area contributed by atoms with Gasteiger partial charge in [-0.2, -0.15) is 0 Å². The molecule has 326 valence electrons. The number of phenols is 1. The lowest BCUT2D eigenvalue weighted by molar-refractivity contribution is -0.167. The van der Waals surface area contributed by atoms with E-state index in [0.717, 1.165) is 111 Å². The van der Waals surface area contributed by atoms with Gasteiger partial charge in [0, 0.05) is 49.7 Å². The number of piperidine rings is 3. The van der Waals surface area contributed by atoms with E-state index in [9.17, 15) is 19.5 Å². The summed E-state index contributed by atoms with van der Waals surface area (Å²) >= 11 is 0. The summed E-state index contributed by atoms with van der Waals surface area (Å²) in [5, 5.41) is 15.0. The molecule has 9 rings (SSSR count). The predicted octanol–water partition coefficient (Wildman–Crippen LogP) is 8.90. The molecule has 0 radical (unpaired) electrons. The fraction of sp³-hybridized carbons (Fsp3) is 0.540. The molecule has 1 aromatic heterocycles. The Hall–Kier alpha value is -4.29. The Morgan fingerprint density at radius 3 is 2.49 bits per heavy atom. The smallest absolute Gasteiger partial charge is 0.316 e. The highest BCUT2D eigenvalue weighted by Crippen LogP contribution is 2.43. The van der Waals surface area contributed by atoms with Crippen molar-refractivity contribution >= 4 is 31.1 Å². The van der Waals surface area contributed by atoms with Crippen LogP contribution in [0.3, 0.4) is 0 Å². The van der Waals surface area contributed by atoms with E-state index in [0.29, 0.717) is 37.6 Å². The number of fused-ring (bicyclic) bond motifs is 5. The molecule has 4 aromatic rings. The highest BCUT2D eigenvalue weighted by molar-refractivity contribution is 6.74. The molecule has 11 heteroatoms. The predicted molar refractivity (Wildman–Crippen MR) is 243 cm³/mol. The number of amides is 1. The van der Waals surface area contributed by atoms with E-state index in [2.05, 4.69) is 79.4 Å². The van der Waals surface area contributed by atoms with Gasteiger partial charge in [-0.15, -0.1) is 0 Å². The number of ether oxygens (including phenoxy) is 1. The van der Waals surface area contributed by atoms with Crippen LogP contribution in [0.25, 0.3) is 10.9 Å². The third-order valence-corrected chi connectivity index (χ3v) is 19.3. The zero-order valence-corrected chi connectivity index (χ0v) is 38.0. The number of aromatic amines is 1. The second-order valence-electron chi connectivity index (χ2n) is 19.9. The third-order valence-electron chi connectivity index (χ3n) is 14.8.